The van der Waals surface area contributed by atoms with E-state index in [-0.39, 0.29) is 18.1 Å². The number of fused-ring (bicyclic) bond motifs is 2. The number of hydrogen-bond acceptors (Lipinski definition) is 5. The molecule has 0 spiro atoms. The van der Waals surface area contributed by atoms with Crippen LogP contribution in [-0.4, -0.2) is 32.3 Å². The minimum atomic E-state index is -0.300. The van der Waals surface area contributed by atoms with Crippen molar-refractivity contribution in [2.45, 2.75) is 39.0 Å². The number of nitrogens with zero attached hydrogens (tertiary/aromatic N) is 1. The second kappa shape index (κ2) is 11.1. The number of para-hydroxylation sites is 2. The zero-order chi connectivity index (χ0) is 25.8. The van der Waals surface area contributed by atoms with Gasteiger partial charge in [-0.3, -0.25) is 0 Å². The average Bonchev–Trinajstić information content (AvgIpc) is 2.93. The normalized spacial score (nSPS) is 15.6. The molecule has 0 aromatic heterocycles. The number of ether oxygens (including phenoxy) is 2. The standard InChI is InChI=1S/C32H34N2O3/c1-22-25(12-9-14-27(22)32(35)36-3)20-34-21-26(37-31-17-7-6-16-30(31)34)18-19-33-23(2)28-15-8-11-24-10-4-5-13-29(24)28/h4-17,23,26,33H,18-21H2,1-3H3. The van der Waals surface area contributed by atoms with Gasteiger partial charge in [-0.25, -0.2) is 4.79 Å². The van der Waals surface area contributed by atoms with Gasteiger partial charge in [0.25, 0.3) is 0 Å². The molecule has 1 aliphatic rings. The molecule has 0 saturated carbocycles. The van der Waals surface area contributed by atoms with Gasteiger partial charge in [-0.05, 0) is 72.5 Å². The van der Waals surface area contributed by atoms with Crippen molar-refractivity contribution in [1.82, 2.24) is 5.32 Å². The molecule has 0 radical (unpaired) electrons. The van der Waals surface area contributed by atoms with Gasteiger partial charge in [0.15, 0.2) is 0 Å². The molecular weight excluding hydrogens is 460 g/mol. The molecule has 2 unspecified atom stereocenters. The van der Waals surface area contributed by atoms with Gasteiger partial charge >= 0.3 is 5.97 Å². The highest BCUT2D eigenvalue weighted by molar-refractivity contribution is 5.91. The lowest BCUT2D eigenvalue weighted by Gasteiger charge is -2.37. The van der Waals surface area contributed by atoms with Crippen LogP contribution in [0.5, 0.6) is 5.75 Å². The van der Waals surface area contributed by atoms with Gasteiger partial charge in [-0.1, -0.05) is 66.7 Å². The number of benzene rings is 4. The highest BCUT2D eigenvalue weighted by atomic mass is 16.5. The van der Waals surface area contributed by atoms with Crippen LogP contribution in [0, 0.1) is 6.92 Å². The van der Waals surface area contributed by atoms with Crippen molar-refractivity contribution in [2.75, 3.05) is 25.1 Å². The molecule has 0 aliphatic carbocycles. The number of carbonyl (C=O) groups is 1. The first-order valence-electron chi connectivity index (χ1n) is 12.9. The maximum Gasteiger partial charge on any atom is 0.338 e. The van der Waals surface area contributed by atoms with Crippen molar-refractivity contribution < 1.29 is 14.3 Å². The van der Waals surface area contributed by atoms with Crippen LogP contribution in [0.3, 0.4) is 0 Å². The van der Waals surface area contributed by atoms with E-state index in [2.05, 4.69) is 71.7 Å². The molecule has 4 aromatic carbocycles. The Labute approximate surface area is 219 Å². The predicted molar refractivity (Wildman–Crippen MR) is 149 cm³/mol. The molecule has 1 N–H and O–H groups in total. The quantitative estimate of drug-likeness (QED) is 0.286. The largest absolute Gasteiger partial charge is 0.486 e. The Kier molecular flexibility index (Phi) is 7.42. The summed E-state index contributed by atoms with van der Waals surface area (Å²) in [5.74, 6) is 0.605. The molecule has 1 aliphatic heterocycles. The molecular formula is C32H34N2O3. The molecule has 37 heavy (non-hydrogen) atoms. The van der Waals surface area contributed by atoms with Crippen LogP contribution in [0.15, 0.2) is 84.9 Å². The van der Waals surface area contributed by atoms with Crippen molar-refractivity contribution in [3.05, 3.63) is 107 Å². The Balaban J connectivity index is 1.28. The zero-order valence-corrected chi connectivity index (χ0v) is 21.7. The Bertz CT molecular complexity index is 1390. The summed E-state index contributed by atoms with van der Waals surface area (Å²) < 4.78 is 11.4. The van der Waals surface area contributed by atoms with E-state index in [1.54, 1.807) is 0 Å². The fraction of sp³-hybridized carbons (Fsp3) is 0.281. The number of hydrogen-bond donors (Lipinski definition) is 1. The van der Waals surface area contributed by atoms with Crippen molar-refractivity contribution in [2.24, 2.45) is 0 Å². The molecule has 190 valence electrons. The first-order chi connectivity index (χ1) is 18.0. The van der Waals surface area contributed by atoms with E-state index in [9.17, 15) is 4.79 Å². The van der Waals surface area contributed by atoms with E-state index in [1.165, 1.54) is 23.4 Å². The number of methoxy groups -OCH3 is 1. The molecule has 5 heteroatoms. The third-order valence-corrected chi connectivity index (χ3v) is 7.34. The third-order valence-electron chi connectivity index (χ3n) is 7.34. The summed E-state index contributed by atoms with van der Waals surface area (Å²) in [5.41, 5.74) is 5.08. The number of esters is 1. The Morgan fingerprint density at radius 3 is 2.65 bits per heavy atom. The van der Waals surface area contributed by atoms with Gasteiger partial charge in [0, 0.05) is 12.6 Å². The second-order valence-corrected chi connectivity index (χ2v) is 9.70. The van der Waals surface area contributed by atoms with Crippen LogP contribution in [0.25, 0.3) is 10.8 Å². The van der Waals surface area contributed by atoms with E-state index in [0.717, 1.165) is 42.1 Å². The van der Waals surface area contributed by atoms with Crippen LogP contribution >= 0.6 is 0 Å². The smallest absolute Gasteiger partial charge is 0.338 e. The van der Waals surface area contributed by atoms with Crippen LogP contribution in [0.4, 0.5) is 5.69 Å². The molecule has 2 atom stereocenters. The number of rotatable bonds is 8. The highest BCUT2D eigenvalue weighted by Crippen LogP contribution is 2.35. The first kappa shape index (κ1) is 24.8. The van der Waals surface area contributed by atoms with Crippen molar-refractivity contribution in [1.29, 1.82) is 0 Å². The lowest BCUT2D eigenvalue weighted by molar-refractivity contribution is 0.0599. The average molecular weight is 495 g/mol. The van der Waals surface area contributed by atoms with E-state index in [1.807, 2.05) is 37.3 Å². The minimum Gasteiger partial charge on any atom is -0.486 e. The fourth-order valence-electron chi connectivity index (χ4n) is 5.27. The molecule has 0 fully saturated rings. The molecule has 5 nitrogen and oxygen atoms in total. The van der Waals surface area contributed by atoms with E-state index in [0.29, 0.717) is 12.1 Å². The van der Waals surface area contributed by atoms with E-state index < -0.39 is 0 Å². The minimum absolute atomic E-state index is 0.0613. The van der Waals surface area contributed by atoms with E-state index >= 15 is 0 Å². The second-order valence-electron chi connectivity index (χ2n) is 9.70. The third kappa shape index (κ3) is 5.32. The highest BCUT2D eigenvalue weighted by Gasteiger charge is 2.26. The van der Waals surface area contributed by atoms with Gasteiger partial charge in [0.05, 0.1) is 24.9 Å². The van der Waals surface area contributed by atoms with Crippen molar-refractivity contribution in [3.8, 4) is 5.75 Å². The van der Waals surface area contributed by atoms with Gasteiger partial charge in [-0.15, -0.1) is 0 Å². The summed E-state index contributed by atoms with van der Waals surface area (Å²) >= 11 is 0. The summed E-state index contributed by atoms with van der Waals surface area (Å²) in [5, 5.41) is 6.27. The predicted octanol–water partition coefficient (Wildman–Crippen LogP) is 6.44. The van der Waals surface area contributed by atoms with Crippen molar-refractivity contribution in [3.63, 3.8) is 0 Å². The maximum absolute atomic E-state index is 12.2. The number of carbonyl (C=O) groups excluding carboxylic acids is 1. The topological polar surface area (TPSA) is 50.8 Å². The summed E-state index contributed by atoms with van der Waals surface area (Å²) in [4.78, 5) is 14.6. The summed E-state index contributed by atoms with van der Waals surface area (Å²) in [6.07, 6.45) is 0.951. The number of anilines is 1. The van der Waals surface area contributed by atoms with Crippen LogP contribution in [0.2, 0.25) is 0 Å². The molecule has 0 amide bonds. The maximum atomic E-state index is 12.2. The molecule has 0 bridgehead atoms. The van der Waals surface area contributed by atoms with Gasteiger partial charge < -0.3 is 19.7 Å². The van der Waals surface area contributed by atoms with Gasteiger partial charge in [0.1, 0.15) is 11.9 Å². The molecule has 5 rings (SSSR count). The monoisotopic (exact) mass is 494 g/mol. The Hall–Kier alpha value is -3.83. The molecule has 1 heterocycles. The Morgan fingerprint density at radius 1 is 1.03 bits per heavy atom. The van der Waals surface area contributed by atoms with Gasteiger partial charge in [-0.2, -0.15) is 0 Å². The molecule has 4 aromatic rings. The number of nitrogens with one attached hydrogen (secondary N) is 1. The summed E-state index contributed by atoms with van der Waals surface area (Å²) in [7, 11) is 1.42. The SMILES string of the molecule is COC(=O)c1cccc(CN2CC(CCNC(C)c3cccc4ccccc34)Oc3ccccc32)c1C. The van der Waals surface area contributed by atoms with Crippen LogP contribution in [-0.2, 0) is 11.3 Å². The van der Waals surface area contributed by atoms with Crippen LogP contribution < -0.4 is 15.0 Å². The van der Waals surface area contributed by atoms with Crippen molar-refractivity contribution >= 4 is 22.4 Å². The summed E-state index contributed by atoms with van der Waals surface area (Å²) in [6, 6.07) is 29.3. The first-order valence-corrected chi connectivity index (χ1v) is 12.9. The zero-order valence-electron chi connectivity index (χ0n) is 21.7. The summed E-state index contributed by atoms with van der Waals surface area (Å²) in [6.45, 7) is 6.55. The van der Waals surface area contributed by atoms with Gasteiger partial charge in [0.2, 0.25) is 0 Å². The Morgan fingerprint density at radius 2 is 1.78 bits per heavy atom. The lowest BCUT2D eigenvalue weighted by atomic mass is 9.99. The molecule has 0 saturated heterocycles. The van der Waals surface area contributed by atoms with Crippen LogP contribution in [0.1, 0.15) is 46.4 Å². The van der Waals surface area contributed by atoms with E-state index in [4.69, 9.17) is 9.47 Å². The fourth-order valence-corrected chi connectivity index (χ4v) is 5.27. The lowest BCUT2D eigenvalue weighted by Crippen LogP contribution is -2.41.